The molecule has 0 aliphatic carbocycles. The van der Waals surface area contributed by atoms with Crippen LogP contribution < -0.4 is 10.7 Å². The number of nitrogens with one attached hydrogen (secondary N) is 2. The van der Waals surface area contributed by atoms with Crippen LogP contribution in [0.3, 0.4) is 0 Å². The lowest BCUT2D eigenvalue weighted by atomic mass is 10.1. The van der Waals surface area contributed by atoms with Crippen LogP contribution in [0.15, 0.2) is 59.7 Å². The molecule has 0 radical (unpaired) electrons. The van der Waals surface area contributed by atoms with Crippen LogP contribution in [0, 0.1) is 0 Å². The highest BCUT2D eigenvalue weighted by Gasteiger charge is 2.01. The van der Waals surface area contributed by atoms with E-state index in [2.05, 4.69) is 15.8 Å². The fourth-order valence-electron chi connectivity index (χ4n) is 1.52. The normalized spacial score (nSPS) is 10.3. The Bertz CT molecular complexity index is 656. The minimum Gasteiger partial charge on any atom is -0.331 e. The zero-order valence-electron chi connectivity index (χ0n) is 10.9. The summed E-state index contributed by atoms with van der Waals surface area (Å²) in [6, 6.07) is 15.9. The van der Waals surface area contributed by atoms with Gasteiger partial charge in [0.1, 0.15) is 0 Å². The molecule has 0 fully saturated rings. The number of hydrogen-bond acceptors (Lipinski definition) is 3. The zero-order chi connectivity index (χ0) is 15.1. The molecule has 0 saturated heterocycles. The molecule has 4 nitrogen and oxygen atoms in total. The van der Waals surface area contributed by atoms with E-state index < -0.39 is 0 Å². The summed E-state index contributed by atoms with van der Waals surface area (Å²) in [4.78, 5) is 11.8. The Morgan fingerprint density at radius 3 is 2.43 bits per heavy atom. The van der Waals surface area contributed by atoms with Crippen molar-refractivity contribution in [2.45, 2.75) is 0 Å². The van der Waals surface area contributed by atoms with Crippen LogP contribution in [0.2, 0.25) is 5.02 Å². The third-order valence-electron chi connectivity index (χ3n) is 2.51. The molecule has 0 amide bonds. The van der Waals surface area contributed by atoms with E-state index in [1.165, 1.54) is 6.21 Å². The largest absolute Gasteiger partial charge is 0.331 e. The van der Waals surface area contributed by atoms with Crippen LogP contribution >= 0.6 is 23.8 Å². The van der Waals surface area contributed by atoms with Crippen molar-refractivity contribution < 1.29 is 4.79 Å². The monoisotopic (exact) mass is 317 g/mol. The average molecular weight is 318 g/mol. The molecule has 0 aliphatic heterocycles. The quantitative estimate of drug-likeness (QED) is 0.392. The maximum atomic E-state index is 11.8. The van der Waals surface area contributed by atoms with Crippen LogP contribution in [-0.2, 0) is 0 Å². The molecule has 0 aliphatic rings. The first-order chi connectivity index (χ1) is 10.1. The standard InChI is InChI=1S/C15H12ClN3OS/c16-12-6-8-13(9-7-12)18-15(21)19-17-10-14(20)11-4-2-1-3-5-11/h1-10H,(H2,18,19,21)/b17-10+. The van der Waals surface area contributed by atoms with Gasteiger partial charge >= 0.3 is 0 Å². The van der Waals surface area contributed by atoms with Crippen molar-refractivity contribution in [1.29, 1.82) is 0 Å². The Labute approximate surface area is 132 Å². The molecule has 6 heteroatoms. The van der Waals surface area contributed by atoms with E-state index in [1.54, 1.807) is 48.5 Å². The van der Waals surface area contributed by atoms with Crippen molar-refractivity contribution in [2.75, 3.05) is 5.32 Å². The second-order valence-corrected chi connectivity index (χ2v) is 4.91. The highest BCUT2D eigenvalue weighted by molar-refractivity contribution is 7.80. The summed E-state index contributed by atoms with van der Waals surface area (Å²) in [7, 11) is 0. The lowest BCUT2D eigenvalue weighted by Crippen LogP contribution is -2.24. The highest BCUT2D eigenvalue weighted by atomic mass is 35.5. The van der Waals surface area contributed by atoms with Gasteiger partial charge in [-0.2, -0.15) is 5.10 Å². The van der Waals surface area contributed by atoms with Gasteiger partial charge in [0.05, 0.1) is 6.21 Å². The third kappa shape index (κ3) is 4.98. The van der Waals surface area contributed by atoms with E-state index in [1.807, 2.05) is 6.07 Å². The predicted octanol–water partition coefficient (Wildman–Crippen LogP) is 3.50. The molecule has 0 heterocycles. The summed E-state index contributed by atoms with van der Waals surface area (Å²) in [5, 5.41) is 7.66. The van der Waals surface area contributed by atoms with Gasteiger partial charge < -0.3 is 5.32 Å². The van der Waals surface area contributed by atoms with Gasteiger partial charge in [-0.1, -0.05) is 41.9 Å². The molecule has 0 aromatic heterocycles. The van der Waals surface area contributed by atoms with Gasteiger partial charge in [0.25, 0.3) is 0 Å². The van der Waals surface area contributed by atoms with Crippen LogP contribution in [0.5, 0.6) is 0 Å². The van der Waals surface area contributed by atoms with Gasteiger partial charge in [0.2, 0.25) is 5.78 Å². The number of carbonyl (C=O) groups excluding carboxylic acids is 1. The topological polar surface area (TPSA) is 53.5 Å². The van der Waals surface area contributed by atoms with Gasteiger partial charge in [0, 0.05) is 16.3 Å². The molecule has 2 aromatic rings. The Hall–Kier alpha value is -2.24. The average Bonchev–Trinajstić information content (AvgIpc) is 2.50. The number of ketones is 1. The Balaban J connectivity index is 1.85. The molecule has 0 bridgehead atoms. The molecule has 106 valence electrons. The summed E-state index contributed by atoms with van der Waals surface area (Å²) in [6.45, 7) is 0. The number of hydrogen-bond donors (Lipinski definition) is 2. The van der Waals surface area contributed by atoms with E-state index >= 15 is 0 Å². The maximum Gasteiger partial charge on any atom is 0.205 e. The molecule has 2 N–H and O–H groups in total. The summed E-state index contributed by atoms with van der Waals surface area (Å²) in [5.41, 5.74) is 3.93. The van der Waals surface area contributed by atoms with E-state index in [9.17, 15) is 4.79 Å². The third-order valence-corrected chi connectivity index (χ3v) is 2.95. The highest BCUT2D eigenvalue weighted by Crippen LogP contribution is 2.13. The number of halogens is 1. The number of nitrogens with zero attached hydrogens (tertiary/aromatic N) is 1. The Morgan fingerprint density at radius 1 is 1.10 bits per heavy atom. The molecular weight excluding hydrogens is 306 g/mol. The molecular formula is C15H12ClN3OS. The number of carbonyl (C=O) groups is 1. The van der Waals surface area contributed by atoms with Crippen molar-refractivity contribution in [3.63, 3.8) is 0 Å². The SMILES string of the molecule is O=C(/C=N/NC(=S)Nc1ccc(Cl)cc1)c1ccccc1. The fourth-order valence-corrected chi connectivity index (χ4v) is 1.82. The van der Waals surface area contributed by atoms with Gasteiger partial charge in [-0.25, -0.2) is 0 Å². The van der Waals surface area contributed by atoms with Crippen molar-refractivity contribution in [3.05, 3.63) is 65.2 Å². The number of Topliss-reactive ketones (excluding diaryl/α,β-unsaturated/α-hetero) is 1. The zero-order valence-corrected chi connectivity index (χ0v) is 12.5. The molecule has 21 heavy (non-hydrogen) atoms. The van der Waals surface area contributed by atoms with E-state index in [4.69, 9.17) is 23.8 Å². The van der Waals surface area contributed by atoms with Gasteiger partial charge in [-0.15, -0.1) is 0 Å². The number of hydrazone groups is 1. The molecule has 0 spiro atoms. The van der Waals surface area contributed by atoms with E-state index in [0.717, 1.165) is 5.69 Å². The van der Waals surface area contributed by atoms with E-state index in [0.29, 0.717) is 10.6 Å². The van der Waals surface area contributed by atoms with E-state index in [-0.39, 0.29) is 10.9 Å². The Morgan fingerprint density at radius 2 is 1.76 bits per heavy atom. The smallest absolute Gasteiger partial charge is 0.205 e. The summed E-state index contributed by atoms with van der Waals surface area (Å²) in [6.07, 6.45) is 1.19. The van der Waals surface area contributed by atoms with Crippen LogP contribution in [0.1, 0.15) is 10.4 Å². The molecule has 2 rings (SSSR count). The first kappa shape index (κ1) is 15.2. The number of benzene rings is 2. The van der Waals surface area contributed by atoms with Crippen molar-refractivity contribution in [3.8, 4) is 0 Å². The van der Waals surface area contributed by atoms with Gasteiger partial charge in [0.15, 0.2) is 5.11 Å². The second kappa shape index (κ2) is 7.52. The Kier molecular flexibility index (Phi) is 5.43. The van der Waals surface area contributed by atoms with Crippen LogP contribution in [-0.4, -0.2) is 17.1 Å². The van der Waals surface area contributed by atoms with Gasteiger partial charge in [-0.05, 0) is 36.5 Å². The maximum absolute atomic E-state index is 11.8. The van der Waals surface area contributed by atoms with Crippen molar-refractivity contribution in [1.82, 2.24) is 5.43 Å². The summed E-state index contributed by atoms with van der Waals surface area (Å²) < 4.78 is 0. The number of rotatable bonds is 4. The predicted molar refractivity (Wildman–Crippen MR) is 90.1 cm³/mol. The van der Waals surface area contributed by atoms with Crippen molar-refractivity contribution in [2.24, 2.45) is 5.10 Å². The minimum atomic E-state index is -0.197. The molecule has 0 saturated carbocycles. The lowest BCUT2D eigenvalue weighted by molar-refractivity contribution is 0.107. The molecule has 2 aromatic carbocycles. The summed E-state index contributed by atoms with van der Waals surface area (Å²) >= 11 is 10.8. The van der Waals surface area contributed by atoms with Crippen LogP contribution in [0.4, 0.5) is 5.69 Å². The van der Waals surface area contributed by atoms with Crippen LogP contribution in [0.25, 0.3) is 0 Å². The fraction of sp³-hybridized carbons (Fsp3) is 0. The van der Waals surface area contributed by atoms with Gasteiger partial charge in [-0.3, -0.25) is 10.2 Å². The lowest BCUT2D eigenvalue weighted by Gasteiger charge is -2.06. The molecule has 0 atom stereocenters. The van der Waals surface area contributed by atoms with Crippen molar-refractivity contribution >= 4 is 46.6 Å². The first-order valence-corrected chi connectivity index (χ1v) is 6.89. The minimum absolute atomic E-state index is 0.197. The number of thiocarbonyl (C=S) groups is 1. The number of anilines is 1. The molecule has 0 unspecified atom stereocenters. The first-order valence-electron chi connectivity index (χ1n) is 6.10. The summed E-state index contributed by atoms with van der Waals surface area (Å²) in [5.74, 6) is -0.197. The second-order valence-electron chi connectivity index (χ2n) is 4.06.